The summed E-state index contributed by atoms with van der Waals surface area (Å²) in [5, 5.41) is 2.60. The minimum Gasteiger partial charge on any atom is -0.493 e. The quantitative estimate of drug-likeness (QED) is 0.858. The smallest absolute Gasteiger partial charge is 0.250 e. The van der Waals surface area contributed by atoms with Crippen molar-refractivity contribution in [3.63, 3.8) is 0 Å². The van der Waals surface area contributed by atoms with Gasteiger partial charge in [0.1, 0.15) is 0 Å². The molecule has 1 N–H and O–H groups in total. The fourth-order valence-corrected chi connectivity index (χ4v) is 1.79. The fourth-order valence-electron chi connectivity index (χ4n) is 1.79. The van der Waals surface area contributed by atoms with Gasteiger partial charge in [-0.25, -0.2) is 9.97 Å². The highest BCUT2D eigenvalue weighted by Gasteiger charge is 2.04. The molecule has 2 aromatic rings. The molecule has 114 valence electrons. The van der Waals surface area contributed by atoms with Gasteiger partial charge in [-0.15, -0.1) is 0 Å². The van der Waals surface area contributed by atoms with E-state index in [9.17, 15) is 4.79 Å². The van der Waals surface area contributed by atoms with Gasteiger partial charge >= 0.3 is 0 Å². The highest BCUT2D eigenvalue weighted by molar-refractivity contribution is 6.00. The maximum absolute atomic E-state index is 11.8. The topological polar surface area (TPSA) is 73.3 Å². The van der Waals surface area contributed by atoms with Gasteiger partial charge in [0.15, 0.2) is 11.5 Å². The third-order valence-corrected chi connectivity index (χ3v) is 2.86. The lowest BCUT2D eigenvalue weighted by Crippen LogP contribution is -2.10. The van der Waals surface area contributed by atoms with E-state index in [0.717, 1.165) is 11.3 Å². The van der Waals surface area contributed by atoms with Crippen LogP contribution in [0.3, 0.4) is 0 Å². The molecular formula is C16H17N3O3. The lowest BCUT2D eigenvalue weighted by Gasteiger charge is -2.07. The number of ether oxygens (including phenoxy) is 2. The molecule has 1 aromatic heterocycles. The average molecular weight is 299 g/mol. The van der Waals surface area contributed by atoms with Crippen LogP contribution in [0.2, 0.25) is 0 Å². The zero-order valence-electron chi connectivity index (χ0n) is 12.7. The van der Waals surface area contributed by atoms with Crippen LogP contribution >= 0.6 is 0 Å². The Morgan fingerprint density at radius 1 is 1.18 bits per heavy atom. The molecule has 0 aliphatic carbocycles. The first-order valence-corrected chi connectivity index (χ1v) is 6.63. The number of hydrogen-bond donors (Lipinski definition) is 1. The summed E-state index contributed by atoms with van der Waals surface area (Å²) in [5.41, 5.74) is 1.60. The molecule has 6 heteroatoms. The first-order chi connectivity index (χ1) is 10.6. The first kappa shape index (κ1) is 15.5. The van der Waals surface area contributed by atoms with Crippen LogP contribution in [0.15, 0.2) is 36.5 Å². The van der Waals surface area contributed by atoms with Gasteiger partial charge in [0.05, 0.1) is 14.2 Å². The second kappa shape index (κ2) is 7.21. The number of hydrogen-bond acceptors (Lipinski definition) is 5. The van der Waals surface area contributed by atoms with E-state index < -0.39 is 0 Å². The molecule has 0 aliphatic rings. The van der Waals surface area contributed by atoms with Gasteiger partial charge in [-0.2, -0.15) is 0 Å². The summed E-state index contributed by atoms with van der Waals surface area (Å²) in [4.78, 5) is 19.9. The molecule has 0 atom stereocenters. The van der Waals surface area contributed by atoms with Crippen LogP contribution in [0.4, 0.5) is 5.95 Å². The molecule has 1 heterocycles. The van der Waals surface area contributed by atoms with Crippen molar-refractivity contribution in [1.82, 2.24) is 9.97 Å². The molecule has 1 aromatic carbocycles. The first-order valence-electron chi connectivity index (χ1n) is 6.63. The monoisotopic (exact) mass is 299 g/mol. The summed E-state index contributed by atoms with van der Waals surface area (Å²) in [6.45, 7) is 1.83. The average Bonchev–Trinajstić information content (AvgIpc) is 2.52. The van der Waals surface area contributed by atoms with Gasteiger partial charge in [0.2, 0.25) is 5.95 Å². The van der Waals surface area contributed by atoms with Gasteiger partial charge < -0.3 is 9.47 Å². The van der Waals surface area contributed by atoms with Crippen molar-refractivity contribution < 1.29 is 14.3 Å². The molecule has 0 spiro atoms. The predicted molar refractivity (Wildman–Crippen MR) is 84.0 cm³/mol. The van der Waals surface area contributed by atoms with Crippen LogP contribution in [0.25, 0.3) is 6.08 Å². The molecule has 6 nitrogen and oxygen atoms in total. The number of anilines is 1. The minimum absolute atomic E-state index is 0.280. The molecular weight excluding hydrogens is 282 g/mol. The number of carbonyl (C=O) groups excluding carboxylic acids is 1. The lowest BCUT2D eigenvalue weighted by atomic mass is 10.2. The third kappa shape index (κ3) is 4.05. The molecule has 0 radical (unpaired) electrons. The van der Waals surface area contributed by atoms with E-state index in [1.165, 1.54) is 6.08 Å². The Kier molecular flexibility index (Phi) is 5.08. The van der Waals surface area contributed by atoms with Crippen LogP contribution < -0.4 is 14.8 Å². The van der Waals surface area contributed by atoms with Crippen molar-refractivity contribution in [3.05, 3.63) is 47.8 Å². The van der Waals surface area contributed by atoms with Gasteiger partial charge in [0.25, 0.3) is 5.91 Å². The molecule has 1 amide bonds. The number of amides is 1. The van der Waals surface area contributed by atoms with E-state index in [2.05, 4.69) is 15.3 Å². The van der Waals surface area contributed by atoms with E-state index in [0.29, 0.717) is 11.5 Å². The van der Waals surface area contributed by atoms with E-state index in [1.807, 2.05) is 13.0 Å². The number of aromatic nitrogens is 2. The summed E-state index contributed by atoms with van der Waals surface area (Å²) in [6.07, 6.45) is 4.68. The van der Waals surface area contributed by atoms with Crippen LogP contribution in [0, 0.1) is 6.92 Å². The van der Waals surface area contributed by atoms with E-state index >= 15 is 0 Å². The van der Waals surface area contributed by atoms with Crippen molar-refractivity contribution in [2.24, 2.45) is 0 Å². The lowest BCUT2D eigenvalue weighted by molar-refractivity contribution is -0.111. The molecule has 2 rings (SSSR count). The Labute approximate surface area is 128 Å². The fraction of sp³-hybridized carbons (Fsp3) is 0.188. The second-order valence-corrected chi connectivity index (χ2v) is 4.46. The Morgan fingerprint density at radius 3 is 2.64 bits per heavy atom. The normalized spacial score (nSPS) is 10.5. The molecule has 0 saturated carbocycles. The summed E-state index contributed by atoms with van der Waals surface area (Å²) in [5.74, 6) is 1.21. The van der Waals surface area contributed by atoms with Gasteiger partial charge in [-0.3, -0.25) is 10.1 Å². The van der Waals surface area contributed by atoms with Crippen molar-refractivity contribution in [1.29, 1.82) is 0 Å². The van der Waals surface area contributed by atoms with Crippen LogP contribution in [-0.2, 0) is 4.79 Å². The van der Waals surface area contributed by atoms with Gasteiger partial charge in [-0.05, 0) is 36.8 Å². The number of aryl methyl sites for hydroxylation is 1. The molecule has 0 bridgehead atoms. The van der Waals surface area contributed by atoms with E-state index in [-0.39, 0.29) is 11.9 Å². The predicted octanol–water partition coefficient (Wildman–Crippen LogP) is 2.45. The molecule has 0 unspecified atom stereocenters. The number of rotatable bonds is 5. The van der Waals surface area contributed by atoms with Crippen molar-refractivity contribution in [3.8, 4) is 11.5 Å². The molecule has 0 saturated heterocycles. The zero-order valence-corrected chi connectivity index (χ0v) is 12.7. The Morgan fingerprint density at radius 2 is 1.95 bits per heavy atom. The van der Waals surface area contributed by atoms with Crippen LogP contribution in [0.5, 0.6) is 11.5 Å². The van der Waals surface area contributed by atoms with Gasteiger partial charge in [0, 0.05) is 18.0 Å². The summed E-state index contributed by atoms with van der Waals surface area (Å²) < 4.78 is 10.4. The molecule has 0 fully saturated rings. The van der Waals surface area contributed by atoms with Crippen molar-refractivity contribution >= 4 is 17.9 Å². The number of benzene rings is 1. The second-order valence-electron chi connectivity index (χ2n) is 4.46. The Balaban J connectivity index is 2.06. The third-order valence-electron chi connectivity index (χ3n) is 2.86. The van der Waals surface area contributed by atoms with Gasteiger partial charge in [-0.1, -0.05) is 6.07 Å². The zero-order chi connectivity index (χ0) is 15.9. The molecule has 22 heavy (non-hydrogen) atoms. The number of methoxy groups -OCH3 is 2. The van der Waals surface area contributed by atoms with Crippen molar-refractivity contribution in [2.45, 2.75) is 6.92 Å². The van der Waals surface area contributed by atoms with Crippen LogP contribution in [-0.4, -0.2) is 30.1 Å². The number of nitrogens with zero attached hydrogens (tertiary/aromatic N) is 2. The minimum atomic E-state index is -0.305. The van der Waals surface area contributed by atoms with E-state index in [1.54, 1.807) is 44.7 Å². The molecule has 0 aliphatic heterocycles. The van der Waals surface area contributed by atoms with E-state index in [4.69, 9.17) is 9.47 Å². The Bertz CT molecular complexity index is 699. The maximum Gasteiger partial charge on any atom is 0.250 e. The van der Waals surface area contributed by atoms with Crippen molar-refractivity contribution in [2.75, 3.05) is 19.5 Å². The summed E-state index contributed by atoms with van der Waals surface area (Å²) in [7, 11) is 3.13. The highest BCUT2D eigenvalue weighted by Crippen LogP contribution is 2.27. The Hall–Kier alpha value is -2.89. The maximum atomic E-state index is 11.8. The number of carbonyl (C=O) groups is 1. The highest BCUT2D eigenvalue weighted by atomic mass is 16.5. The number of nitrogens with one attached hydrogen (secondary N) is 1. The standard InChI is InChI=1S/C16H17N3O3/c1-11-8-9-17-16(18-11)19-15(20)7-5-12-4-6-13(21-2)14(10-12)22-3/h4-10H,1-3H3,(H,17,18,19,20). The van der Waals surface area contributed by atoms with Crippen LogP contribution in [0.1, 0.15) is 11.3 Å². The largest absolute Gasteiger partial charge is 0.493 e. The summed E-state index contributed by atoms with van der Waals surface area (Å²) in [6, 6.07) is 7.15. The summed E-state index contributed by atoms with van der Waals surface area (Å²) >= 11 is 0. The SMILES string of the molecule is COc1ccc(C=CC(=O)Nc2nccc(C)n2)cc1OC.